The summed E-state index contributed by atoms with van der Waals surface area (Å²) in [6.45, 7) is 0.281. The average molecular weight is 235 g/mol. The number of hydrogen-bond acceptors (Lipinski definition) is 5. The van der Waals surface area contributed by atoms with Crippen molar-refractivity contribution in [3.8, 4) is 5.75 Å². The van der Waals surface area contributed by atoms with Gasteiger partial charge >= 0.3 is 0 Å². The number of aromatic nitrogens is 2. The van der Waals surface area contributed by atoms with Crippen LogP contribution in [0, 0.1) is 0 Å². The summed E-state index contributed by atoms with van der Waals surface area (Å²) in [4.78, 5) is 12.0. The number of phenolic OH excluding ortho intramolecular Hbond substituents is 1. The topological polar surface area (TPSA) is 75.1 Å². The number of phenols is 1. The third kappa shape index (κ3) is 2.34. The fourth-order valence-electron chi connectivity index (χ4n) is 1.19. The Hall–Kier alpha value is -1.95. The van der Waals surface area contributed by atoms with Crippen LogP contribution >= 0.6 is 11.5 Å². The molecule has 1 amide bonds. The van der Waals surface area contributed by atoms with Gasteiger partial charge in [0.15, 0.2) is 0 Å². The SMILES string of the molecule is O=C(NCc1ccccc1O)c1cnns1. The van der Waals surface area contributed by atoms with Crippen molar-refractivity contribution in [1.29, 1.82) is 0 Å². The van der Waals surface area contributed by atoms with E-state index in [0.29, 0.717) is 10.4 Å². The molecule has 0 atom stereocenters. The predicted molar refractivity (Wildman–Crippen MR) is 59.2 cm³/mol. The lowest BCUT2D eigenvalue weighted by molar-refractivity contribution is 0.0954. The maximum Gasteiger partial charge on any atom is 0.264 e. The third-order valence-electron chi connectivity index (χ3n) is 2.02. The maximum atomic E-state index is 11.5. The van der Waals surface area contributed by atoms with E-state index in [-0.39, 0.29) is 18.2 Å². The van der Waals surface area contributed by atoms with Crippen LogP contribution in [0.25, 0.3) is 0 Å². The highest BCUT2D eigenvalue weighted by Gasteiger charge is 2.08. The number of carbonyl (C=O) groups is 1. The van der Waals surface area contributed by atoms with Crippen LogP contribution in [0.4, 0.5) is 0 Å². The average Bonchev–Trinajstić information content (AvgIpc) is 2.81. The van der Waals surface area contributed by atoms with Gasteiger partial charge in [0.1, 0.15) is 10.6 Å². The first-order chi connectivity index (χ1) is 7.77. The highest BCUT2D eigenvalue weighted by Crippen LogP contribution is 2.15. The number of aromatic hydroxyl groups is 1. The summed E-state index contributed by atoms with van der Waals surface area (Å²) in [7, 11) is 0. The number of para-hydroxylation sites is 1. The molecule has 16 heavy (non-hydrogen) atoms. The summed E-state index contributed by atoms with van der Waals surface area (Å²) in [6.07, 6.45) is 1.41. The van der Waals surface area contributed by atoms with Crippen LogP contribution < -0.4 is 5.32 Å². The molecule has 0 aliphatic heterocycles. The van der Waals surface area contributed by atoms with Gasteiger partial charge in [-0.15, -0.1) is 5.10 Å². The molecule has 0 spiro atoms. The van der Waals surface area contributed by atoms with E-state index in [0.717, 1.165) is 11.5 Å². The minimum Gasteiger partial charge on any atom is -0.508 e. The van der Waals surface area contributed by atoms with Crippen LogP contribution in [0.2, 0.25) is 0 Å². The minimum absolute atomic E-state index is 0.172. The van der Waals surface area contributed by atoms with Crippen LogP contribution in [0.3, 0.4) is 0 Å². The first-order valence-corrected chi connectivity index (χ1v) is 5.37. The van der Waals surface area contributed by atoms with Crippen molar-refractivity contribution in [1.82, 2.24) is 14.9 Å². The summed E-state index contributed by atoms with van der Waals surface area (Å²) in [5.41, 5.74) is 0.674. The van der Waals surface area contributed by atoms with E-state index in [1.807, 2.05) is 0 Å². The third-order valence-corrected chi connectivity index (χ3v) is 2.68. The van der Waals surface area contributed by atoms with Gasteiger partial charge in [0.2, 0.25) is 0 Å². The Morgan fingerprint density at radius 2 is 2.25 bits per heavy atom. The highest BCUT2D eigenvalue weighted by molar-refractivity contribution is 7.07. The molecule has 0 saturated heterocycles. The molecule has 0 bridgehead atoms. The van der Waals surface area contributed by atoms with Crippen molar-refractivity contribution in [2.45, 2.75) is 6.54 Å². The van der Waals surface area contributed by atoms with E-state index in [1.165, 1.54) is 6.20 Å². The van der Waals surface area contributed by atoms with Gasteiger partial charge in [-0.25, -0.2) is 0 Å². The van der Waals surface area contributed by atoms with Gasteiger partial charge in [-0.1, -0.05) is 22.7 Å². The van der Waals surface area contributed by atoms with Crippen molar-refractivity contribution >= 4 is 17.4 Å². The summed E-state index contributed by atoms with van der Waals surface area (Å²) in [5, 5.41) is 15.7. The normalized spacial score (nSPS) is 10.0. The van der Waals surface area contributed by atoms with Crippen molar-refractivity contribution in [3.63, 3.8) is 0 Å². The van der Waals surface area contributed by atoms with Crippen LogP contribution in [0.5, 0.6) is 5.75 Å². The van der Waals surface area contributed by atoms with Crippen LogP contribution in [-0.4, -0.2) is 20.6 Å². The Labute approximate surface area is 95.9 Å². The quantitative estimate of drug-likeness (QED) is 0.837. The standard InChI is InChI=1S/C10H9N3O2S/c14-8-4-2-1-3-7(8)5-11-10(15)9-6-12-13-16-9/h1-4,6,14H,5H2,(H,11,15). The number of hydrogen-bond donors (Lipinski definition) is 2. The first-order valence-electron chi connectivity index (χ1n) is 4.60. The molecule has 0 aliphatic carbocycles. The van der Waals surface area contributed by atoms with Crippen molar-refractivity contribution in [2.75, 3.05) is 0 Å². The number of nitrogens with zero attached hydrogens (tertiary/aromatic N) is 2. The van der Waals surface area contributed by atoms with Crippen LogP contribution in [0.1, 0.15) is 15.2 Å². The van der Waals surface area contributed by atoms with E-state index in [1.54, 1.807) is 24.3 Å². The van der Waals surface area contributed by atoms with Gasteiger partial charge in [-0.05, 0) is 17.6 Å². The first kappa shape index (κ1) is 10.6. The summed E-state index contributed by atoms with van der Waals surface area (Å²) >= 11 is 1.03. The Morgan fingerprint density at radius 3 is 2.94 bits per heavy atom. The minimum atomic E-state index is -0.238. The van der Waals surface area contributed by atoms with Gasteiger partial charge < -0.3 is 10.4 Å². The van der Waals surface area contributed by atoms with Gasteiger partial charge in [0.25, 0.3) is 5.91 Å². The molecular formula is C10H9N3O2S. The largest absolute Gasteiger partial charge is 0.508 e. The lowest BCUT2D eigenvalue weighted by atomic mass is 10.2. The van der Waals surface area contributed by atoms with Gasteiger partial charge in [0.05, 0.1) is 6.20 Å². The molecule has 1 aromatic carbocycles. The molecule has 2 aromatic rings. The maximum absolute atomic E-state index is 11.5. The van der Waals surface area contributed by atoms with Gasteiger partial charge in [0, 0.05) is 12.1 Å². The van der Waals surface area contributed by atoms with E-state index in [9.17, 15) is 9.90 Å². The second kappa shape index (κ2) is 4.71. The lowest BCUT2D eigenvalue weighted by Gasteiger charge is -2.04. The Kier molecular flexibility index (Phi) is 3.11. The molecule has 0 unspecified atom stereocenters. The van der Waals surface area contributed by atoms with Crippen LogP contribution in [0.15, 0.2) is 30.5 Å². The molecule has 1 aromatic heterocycles. The number of amides is 1. The molecule has 0 radical (unpaired) electrons. The zero-order valence-electron chi connectivity index (χ0n) is 8.25. The van der Waals surface area contributed by atoms with E-state index in [4.69, 9.17) is 0 Å². The second-order valence-corrected chi connectivity index (χ2v) is 3.88. The molecule has 2 N–H and O–H groups in total. The smallest absolute Gasteiger partial charge is 0.264 e. The molecule has 82 valence electrons. The highest BCUT2D eigenvalue weighted by atomic mass is 32.1. The molecule has 0 fully saturated rings. The molecule has 0 saturated carbocycles. The van der Waals surface area contributed by atoms with Crippen LogP contribution in [-0.2, 0) is 6.54 Å². The van der Waals surface area contributed by atoms with Gasteiger partial charge in [-0.2, -0.15) is 0 Å². The molecule has 2 rings (SSSR count). The zero-order chi connectivity index (χ0) is 11.4. The molecule has 0 aliphatic rings. The van der Waals surface area contributed by atoms with Gasteiger partial charge in [-0.3, -0.25) is 4.79 Å². The Bertz CT molecular complexity index is 485. The summed E-state index contributed by atoms with van der Waals surface area (Å²) in [6, 6.07) is 6.86. The van der Waals surface area contributed by atoms with E-state index < -0.39 is 0 Å². The van der Waals surface area contributed by atoms with E-state index in [2.05, 4.69) is 14.9 Å². The molecular weight excluding hydrogens is 226 g/mol. The molecule has 5 nitrogen and oxygen atoms in total. The fraction of sp³-hybridized carbons (Fsp3) is 0.100. The van der Waals surface area contributed by atoms with Crippen molar-refractivity contribution in [2.24, 2.45) is 0 Å². The predicted octanol–water partition coefficient (Wildman–Crippen LogP) is 1.17. The Morgan fingerprint density at radius 1 is 1.44 bits per heavy atom. The number of carbonyl (C=O) groups excluding carboxylic acids is 1. The zero-order valence-corrected chi connectivity index (χ0v) is 9.07. The fourth-order valence-corrected chi connectivity index (χ4v) is 1.62. The monoisotopic (exact) mass is 235 g/mol. The molecule has 6 heteroatoms. The second-order valence-electron chi connectivity index (χ2n) is 3.09. The number of benzene rings is 1. The lowest BCUT2D eigenvalue weighted by Crippen LogP contribution is -2.21. The Balaban J connectivity index is 1.98. The summed E-state index contributed by atoms with van der Waals surface area (Å²) in [5.74, 6) is -0.0662. The van der Waals surface area contributed by atoms with Crippen molar-refractivity contribution < 1.29 is 9.90 Å². The molecule has 1 heterocycles. The number of nitrogens with one attached hydrogen (secondary N) is 1. The summed E-state index contributed by atoms with van der Waals surface area (Å²) < 4.78 is 3.60. The van der Waals surface area contributed by atoms with E-state index >= 15 is 0 Å². The number of rotatable bonds is 3. The van der Waals surface area contributed by atoms with Crippen molar-refractivity contribution in [3.05, 3.63) is 40.9 Å².